The third-order valence-corrected chi connectivity index (χ3v) is 3.18. The molecule has 0 aliphatic carbocycles. The van der Waals surface area contributed by atoms with E-state index in [1.54, 1.807) is 0 Å². The van der Waals surface area contributed by atoms with Gasteiger partial charge in [0.2, 0.25) is 0 Å². The van der Waals surface area contributed by atoms with Crippen LogP contribution in [0.5, 0.6) is 0 Å². The van der Waals surface area contributed by atoms with Crippen LogP contribution in [0.15, 0.2) is 54.6 Å². The molecule has 88 valence electrons. The Balaban J connectivity index is 2.37. The first kappa shape index (κ1) is 10.8. The minimum absolute atomic E-state index is 0.311. The minimum atomic E-state index is 0.311. The van der Waals surface area contributed by atoms with Gasteiger partial charge in [-0.1, -0.05) is 48.5 Å². The maximum absolute atomic E-state index is 10.4. The number of carbonyl (C=O) groups is 1. The van der Waals surface area contributed by atoms with Crippen molar-refractivity contribution >= 4 is 28.0 Å². The second-order valence-corrected chi connectivity index (χ2v) is 4.20. The van der Waals surface area contributed by atoms with Gasteiger partial charge in [-0.15, -0.1) is 0 Å². The maximum Gasteiger partial charge on any atom is 0.293 e. The minimum Gasteiger partial charge on any atom is -0.463 e. The normalized spacial score (nSPS) is 10.7. The van der Waals surface area contributed by atoms with Gasteiger partial charge in [0.1, 0.15) is 6.61 Å². The van der Waals surface area contributed by atoms with Crippen molar-refractivity contribution in [1.29, 1.82) is 0 Å². The average Bonchev–Trinajstić information content (AvgIpc) is 2.43. The van der Waals surface area contributed by atoms with Crippen LogP contribution in [0.4, 0.5) is 0 Å². The number of benzene rings is 3. The molecule has 3 aromatic rings. The highest BCUT2D eigenvalue weighted by Crippen LogP contribution is 2.28. The van der Waals surface area contributed by atoms with E-state index >= 15 is 0 Å². The molecule has 0 bridgehead atoms. The van der Waals surface area contributed by atoms with Gasteiger partial charge in [0.25, 0.3) is 6.47 Å². The van der Waals surface area contributed by atoms with Crippen LogP contribution in [0, 0.1) is 0 Å². The molecule has 0 unspecified atom stereocenters. The lowest BCUT2D eigenvalue weighted by Crippen LogP contribution is -1.93. The lowest BCUT2D eigenvalue weighted by molar-refractivity contribution is -0.129. The molecule has 0 N–H and O–H groups in total. The van der Waals surface area contributed by atoms with Crippen LogP contribution in [0.2, 0.25) is 0 Å². The molecule has 0 spiro atoms. The van der Waals surface area contributed by atoms with Crippen molar-refractivity contribution in [3.05, 3.63) is 60.2 Å². The molecule has 0 radical (unpaired) electrons. The summed E-state index contributed by atoms with van der Waals surface area (Å²) in [5.74, 6) is 0. The monoisotopic (exact) mass is 236 g/mol. The smallest absolute Gasteiger partial charge is 0.293 e. The van der Waals surface area contributed by atoms with Crippen molar-refractivity contribution in [1.82, 2.24) is 0 Å². The van der Waals surface area contributed by atoms with Gasteiger partial charge in [0, 0.05) is 5.56 Å². The van der Waals surface area contributed by atoms with Gasteiger partial charge in [-0.2, -0.15) is 0 Å². The van der Waals surface area contributed by atoms with E-state index in [-0.39, 0.29) is 0 Å². The molecule has 0 aliphatic heterocycles. The summed E-state index contributed by atoms with van der Waals surface area (Å²) in [6, 6.07) is 18.5. The van der Waals surface area contributed by atoms with Crippen LogP contribution >= 0.6 is 0 Å². The molecule has 0 aromatic heterocycles. The van der Waals surface area contributed by atoms with Gasteiger partial charge in [-0.3, -0.25) is 4.79 Å². The van der Waals surface area contributed by atoms with Crippen LogP contribution in [0.3, 0.4) is 0 Å². The second-order valence-electron chi connectivity index (χ2n) is 4.20. The fraction of sp³-hybridized carbons (Fsp3) is 0.0625. The zero-order valence-corrected chi connectivity index (χ0v) is 9.80. The van der Waals surface area contributed by atoms with Gasteiger partial charge >= 0.3 is 0 Å². The van der Waals surface area contributed by atoms with E-state index in [2.05, 4.69) is 30.3 Å². The molecule has 0 heterocycles. The number of ether oxygens (including phenoxy) is 1. The third-order valence-electron chi connectivity index (χ3n) is 3.18. The molecule has 0 amide bonds. The molecule has 3 aromatic carbocycles. The van der Waals surface area contributed by atoms with E-state index in [9.17, 15) is 4.79 Å². The average molecular weight is 236 g/mol. The number of rotatable bonds is 3. The standard InChI is InChI=1S/C16H12O2/c17-11-18-10-16-14-7-3-1-5-12(14)9-13-6-2-4-8-15(13)16/h1-9,11H,10H2. The molecule has 0 fully saturated rings. The van der Waals surface area contributed by atoms with Gasteiger partial charge in [0.05, 0.1) is 0 Å². The van der Waals surface area contributed by atoms with Crippen molar-refractivity contribution < 1.29 is 9.53 Å². The Labute approximate surface area is 105 Å². The lowest BCUT2D eigenvalue weighted by Gasteiger charge is -2.10. The van der Waals surface area contributed by atoms with Crippen molar-refractivity contribution in [3.8, 4) is 0 Å². The van der Waals surface area contributed by atoms with Crippen molar-refractivity contribution in [2.75, 3.05) is 0 Å². The van der Waals surface area contributed by atoms with Gasteiger partial charge in [-0.25, -0.2) is 0 Å². The Morgan fingerprint density at radius 1 is 0.889 bits per heavy atom. The molecule has 0 saturated heterocycles. The molecule has 3 rings (SSSR count). The SMILES string of the molecule is O=COCc1c2ccccc2cc2ccccc12. The Hall–Kier alpha value is -2.35. The second kappa shape index (κ2) is 4.49. The Bertz CT molecular complexity index is 662. The fourth-order valence-corrected chi connectivity index (χ4v) is 2.38. The van der Waals surface area contributed by atoms with Crippen molar-refractivity contribution in [2.45, 2.75) is 6.61 Å². The summed E-state index contributed by atoms with van der Waals surface area (Å²) in [6.07, 6.45) is 0. The first-order valence-electron chi connectivity index (χ1n) is 5.85. The van der Waals surface area contributed by atoms with Crippen molar-refractivity contribution in [2.24, 2.45) is 0 Å². The quantitative estimate of drug-likeness (QED) is 0.512. The number of hydrogen-bond donors (Lipinski definition) is 0. The lowest BCUT2D eigenvalue weighted by atomic mass is 9.97. The molecular weight excluding hydrogens is 224 g/mol. The predicted octanol–water partition coefficient (Wildman–Crippen LogP) is 3.67. The molecule has 0 saturated carbocycles. The summed E-state index contributed by atoms with van der Waals surface area (Å²) in [5.41, 5.74) is 1.07. The highest BCUT2D eigenvalue weighted by molar-refractivity contribution is 6.02. The van der Waals surface area contributed by atoms with Gasteiger partial charge in [-0.05, 0) is 27.6 Å². The Morgan fingerprint density at radius 3 is 2.00 bits per heavy atom. The summed E-state index contributed by atoms with van der Waals surface area (Å²) in [5, 5.41) is 4.61. The highest BCUT2D eigenvalue weighted by atomic mass is 16.5. The molecule has 0 aliphatic rings. The predicted molar refractivity (Wildman–Crippen MR) is 72.3 cm³/mol. The summed E-state index contributed by atoms with van der Waals surface area (Å²) in [4.78, 5) is 10.4. The zero-order valence-electron chi connectivity index (χ0n) is 9.80. The van der Waals surface area contributed by atoms with E-state index in [0.717, 1.165) is 16.3 Å². The first-order valence-corrected chi connectivity index (χ1v) is 5.85. The molecule has 2 heteroatoms. The molecular formula is C16H12O2. The van der Waals surface area contributed by atoms with E-state index in [1.165, 1.54) is 10.8 Å². The van der Waals surface area contributed by atoms with E-state index in [4.69, 9.17) is 4.74 Å². The van der Waals surface area contributed by atoms with Crippen LogP contribution < -0.4 is 0 Å². The maximum atomic E-state index is 10.4. The molecule has 0 atom stereocenters. The fourth-order valence-electron chi connectivity index (χ4n) is 2.38. The van der Waals surface area contributed by atoms with E-state index < -0.39 is 0 Å². The summed E-state index contributed by atoms with van der Waals surface area (Å²) < 4.78 is 4.96. The topological polar surface area (TPSA) is 26.3 Å². The first-order chi connectivity index (χ1) is 8.90. The summed E-state index contributed by atoms with van der Waals surface area (Å²) in [6.45, 7) is 0.807. The van der Waals surface area contributed by atoms with Crippen molar-refractivity contribution in [3.63, 3.8) is 0 Å². The van der Waals surface area contributed by atoms with Crippen LogP contribution in [-0.2, 0) is 16.1 Å². The van der Waals surface area contributed by atoms with E-state index in [1.807, 2.05) is 24.3 Å². The van der Waals surface area contributed by atoms with Crippen LogP contribution in [0.1, 0.15) is 5.56 Å². The largest absolute Gasteiger partial charge is 0.463 e. The highest BCUT2D eigenvalue weighted by Gasteiger charge is 2.07. The van der Waals surface area contributed by atoms with E-state index in [0.29, 0.717) is 13.1 Å². The zero-order chi connectivity index (χ0) is 12.4. The number of hydrogen-bond acceptors (Lipinski definition) is 2. The van der Waals surface area contributed by atoms with Crippen LogP contribution in [-0.4, -0.2) is 6.47 Å². The van der Waals surface area contributed by atoms with Gasteiger partial charge in [0.15, 0.2) is 0 Å². The number of fused-ring (bicyclic) bond motifs is 2. The number of carbonyl (C=O) groups excluding carboxylic acids is 1. The third kappa shape index (κ3) is 1.72. The Kier molecular flexibility index (Phi) is 2.69. The summed E-state index contributed by atoms with van der Waals surface area (Å²) in [7, 11) is 0. The van der Waals surface area contributed by atoms with Crippen LogP contribution in [0.25, 0.3) is 21.5 Å². The molecule has 2 nitrogen and oxygen atoms in total. The Morgan fingerprint density at radius 2 is 1.44 bits per heavy atom. The van der Waals surface area contributed by atoms with Gasteiger partial charge < -0.3 is 4.74 Å². The molecule has 18 heavy (non-hydrogen) atoms. The summed E-state index contributed by atoms with van der Waals surface area (Å²) >= 11 is 0.